The predicted octanol–water partition coefficient (Wildman–Crippen LogP) is -0.456. The van der Waals surface area contributed by atoms with E-state index in [-0.39, 0.29) is 37.0 Å². The second-order valence-corrected chi connectivity index (χ2v) is 13.1. The summed E-state index contributed by atoms with van der Waals surface area (Å²) in [4.78, 5) is 53.1. The molecule has 5 aliphatic rings. The predicted molar refractivity (Wildman–Crippen MR) is 165 cm³/mol. The van der Waals surface area contributed by atoms with Gasteiger partial charge in [-0.05, 0) is 54.0 Å². The Kier molecular flexibility index (Phi) is 6.39. The molecule has 4 aliphatic heterocycles. The standard InChI is InChI=1S/C31H37N9O5/c1-29(2)13-7-9-17-8-6-12-19(23(17)29)25(42)35-21-15-40-27(33)34-20(24-30(40,31(21,44)45)37-26(32)36-24)14-39-22(41)16-38(28(39)43)18-10-4-3-5-11-18/h3-6,8,10-12,20-21,24,44-45H,7,9,13-16H2,1-2H3,(H2,33,34)(H,35,42)(H3,32,36,37)/t20-,21?,24-,30-/m0/s1. The molecule has 14 nitrogen and oxygen atoms in total. The summed E-state index contributed by atoms with van der Waals surface area (Å²) in [6.07, 6.45) is 2.82. The summed E-state index contributed by atoms with van der Waals surface area (Å²) in [5, 5.41) is 29.6. The van der Waals surface area contributed by atoms with Crippen molar-refractivity contribution >= 4 is 35.5 Å². The first-order valence-corrected chi connectivity index (χ1v) is 15.1. The van der Waals surface area contributed by atoms with Crippen LogP contribution in [-0.2, 0) is 16.6 Å². The summed E-state index contributed by atoms with van der Waals surface area (Å²) in [5.74, 6) is -3.71. The highest BCUT2D eigenvalue weighted by molar-refractivity contribution is 6.12. The number of nitrogens with two attached hydrogens (primary N) is 2. The number of nitrogens with zero attached hydrogens (tertiary/aromatic N) is 5. The number of aryl methyl sites for hydroxylation is 1. The van der Waals surface area contributed by atoms with E-state index in [2.05, 4.69) is 34.5 Å². The number of fused-ring (bicyclic) bond motifs is 1. The summed E-state index contributed by atoms with van der Waals surface area (Å²) in [6, 6.07) is 10.6. The van der Waals surface area contributed by atoms with Gasteiger partial charge in [-0.3, -0.25) is 19.4 Å². The molecule has 45 heavy (non-hydrogen) atoms. The number of guanidine groups is 2. The van der Waals surface area contributed by atoms with E-state index in [1.807, 2.05) is 18.2 Å². The van der Waals surface area contributed by atoms with Crippen molar-refractivity contribution in [2.75, 3.05) is 24.5 Å². The minimum atomic E-state index is -2.66. The van der Waals surface area contributed by atoms with Gasteiger partial charge in [-0.15, -0.1) is 0 Å². The molecule has 2 fully saturated rings. The van der Waals surface area contributed by atoms with Gasteiger partial charge in [0.15, 0.2) is 17.6 Å². The minimum absolute atomic E-state index is 0.0740. The Morgan fingerprint density at radius 1 is 1.09 bits per heavy atom. The summed E-state index contributed by atoms with van der Waals surface area (Å²) < 4.78 is 0. The fourth-order valence-electron chi connectivity index (χ4n) is 7.83. The third-order valence-electron chi connectivity index (χ3n) is 9.92. The van der Waals surface area contributed by atoms with Crippen molar-refractivity contribution in [3.63, 3.8) is 0 Å². The van der Waals surface area contributed by atoms with Crippen molar-refractivity contribution in [2.24, 2.45) is 21.5 Å². The van der Waals surface area contributed by atoms with Crippen molar-refractivity contribution in [3.05, 3.63) is 65.2 Å². The van der Waals surface area contributed by atoms with Gasteiger partial charge in [-0.1, -0.05) is 44.2 Å². The van der Waals surface area contributed by atoms with Gasteiger partial charge in [0.05, 0.1) is 12.6 Å². The lowest BCUT2D eigenvalue weighted by molar-refractivity contribution is -0.230. The van der Waals surface area contributed by atoms with Gasteiger partial charge < -0.3 is 37.2 Å². The van der Waals surface area contributed by atoms with Crippen LogP contribution in [0.2, 0.25) is 0 Å². The van der Waals surface area contributed by atoms with Gasteiger partial charge >= 0.3 is 6.03 Å². The van der Waals surface area contributed by atoms with Crippen LogP contribution >= 0.6 is 0 Å². The summed E-state index contributed by atoms with van der Waals surface area (Å²) >= 11 is 0. The average Bonchev–Trinajstić information content (AvgIpc) is 3.58. The lowest BCUT2D eigenvalue weighted by atomic mass is 9.70. The van der Waals surface area contributed by atoms with Crippen LogP contribution in [0, 0.1) is 0 Å². The maximum Gasteiger partial charge on any atom is 0.331 e. The highest BCUT2D eigenvalue weighted by Crippen LogP contribution is 2.45. The molecule has 2 aromatic carbocycles. The molecule has 14 heteroatoms. The second-order valence-electron chi connectivity index (χ2n) is 13.1. The number of aliphatic hydroxyl groups is 2. The number of hydrogen-bond donors (Lipinski definition) is 6. The highest BCUT2D eigenvalue weighted by atomic mass is 16.5. The first kappa shape index (κ1) is 29.0. The molecule has 4 heterocycles. The van der Waals surface area contributed by atoms with Gasteiger partial charge in [0.2, 0.25) is 5.79 Å². The number of nitrogens with one attached hydrogen (secondary N) is 2. The molecule has 0 radical (unpaired) electrons. The number of imide groups is 1. The van der Waals surface area contributed by atoms with Crippen LogP contribution in [0.15, 0.2) is 58.5 Å². The van der Waals surface area contributed by atoms with Crippen molar-refractivity contribution in [1.29, 1.82) is 0 Å². The first-order chi connectivity index (χ1) is 21.3. The molecule has 2 aromatic rings. The smallest absolute Gasteiger partial charge is 0.331 e. The third kappa shape index (κ3) is 4.19. The van der Waals surface area contributed by atoms with E-state index in [9.17, 15) is 24.6 Å². The maximum absolute atomic E-state index is 13.8. The van der Waals surface area contributed by atoms with Crippen LogP contribution in [-0.4, -0.2) is 99.0 Å². The number of para-hydroxylation sites is 1. The Balaban J connectivity index is 1.18. The Morgan fingerprint density at radius 3 is 2.60 bits per heavy atom. The number of carbonyl (C=O) groups is 3. The number of aliphatic imine (C=N–C) groups is 2. The SMILES string of the molecule is CC1(C)CCCc2cccc(C(=O)NC3CN4C(N)=N[C@@H](CN5C(=O)CN(c6ccccc6)C5=O)[C@@H]5N=C(N)N[C@@]54C3(O)O)c21. The molecular weight excluding hydrogens is 578 g/mol. The van der Waals surface area contributed by atoms with Gasteiger partial charge in [0.25, 0.3) is 11.8 Å². The Labute approximate surface area is 259 Å². The van der Waals surface area contributed by atoms with Crippen molar-refractivity contribution in [1.82, 2.24) is 20.4 Å². The molecule has 236 valence electrons. The zero-order chi connectivity index (χ0) is 31.9. The third-order valence-corrected chi connectivity index (χ3v) is 9.92. The summed E-state index contributed by atoms with van der Waals surface area (Å²) in [6.45, 7) is 3.72. The molecule has 4 atom stereocenters. The van der Waals surface area contributed by atoms with Crippen LogP contribution in [0.5, 0.6) is 0 Å². The van der Waals surface area contributed by atoms with Crippen molar-refractivity contribution < 1.29 is 24.6 Å². The largest absolute Gasteiger partial charge is 0.370 e. The molecule has 0 bridgehead atoms. The van der Waals surface area contributed by atoms with Gasteiger partial charge in [-0.2, -0.15) is 0 Å². The maximum atomic E-state index is 13.8. The molecule has 1 unspecified atom stereocenters. The van der Waals surface area contributed by atoms with E-state index in [1.54, 1.807) is 30.3 Å². The molecule has 1 aliphatic carbocycles. The average molecular weight is 616 g/mol. The Hall–Kier alpha value is -4.69. The molecule has 2 saturated heterocycles. The van der Waals surface area contributed by atoms with Crippen LogP contribution in [0.1, 0.15) is 48.2 Å². The van der Waals surface area contributed by atoms with E-state index in [1.165, 1.54) is 9.80 Å². The van der Waals surface area contributed by atoms with E-state index < -0.39 is 47.4 Å². The van der Waals surface area contributed by atoms with Crippen LogP contribution in [0.4, 0.5) is 10.5 Å². The van der Waals surface area contributed by atoms with E-state index in [0.717, 1.165) is 35.3 Å². The normalized spacial score (nSPS) is 29.4. The fraction of sp³-hybridized carbons (Fsp3) is 0.452. The quantitative estimate of drug-likeness (QED) is 0.190. The Bertz CT molecular complexity index is 1660. The zero-order valence-electron chi connectivity index (χ0n) is 25.1. The lowest BCUT2D eigenvalue weighted by Crippen LogP contribution is -2.78. The zero-order valence-corrected chi connectivity index (χ0v) is 25.1. The van der Waals surface area contributed by atoms with E-state index in [0.29, 0.717) is 11.3 Å². The molecule has 8 N–H and O–H groups in total. The van der Waals surface area contributed by atoms with Gasteiger partial charge in [-0.25, -0.2) is 14.8 Å². The van der Waals surface area contributed by atoms with Gasteiger partial charge in [0, 0.05) is 17.8 Å². The summed E-state index contributed by atoms with van der Waals surface area (Å²) in [5.41, 5.74) is 13.6. The highest BCUT2D eigenvalue weighted by Gasteiger charge is 2.73. The molecule has 0 saturated carbocycles. The Morgan fingerprint density at radius 2 is 1.84 bits per heavy atom. The number of anilines is 1. The van der Waals surface area contributed by atoms with E-state index >= 15 is 0 Å². The van der Waals surface area contributed by atoms with Crippen molar-refractivity contribution in [2.45, 2.75) is 68.1 Å². The molecular formula is C31H37N9O5. The van der Waals surface area contributed by atoms with Crippen LogP contribution < -0.4 is 27.0 Å². The van der Waals surface area contributed by atoms with Crippen LogP contribution in [0.25, 0.3) is 0 Å². The second kappa shape index (κ2) is 9.91. The van der Waals surface area contributed by atoms with Gasteiger partial charge in [0.1, 0.15) is 18.6 Å². The molecule has 1 spiro atoms. The van der Waals surface area contributed by atoms with Crippen molar-refractivity contribution in [3.8, 4) is 0 Å². The first-order valence-electron chi connectivity index (χ1n) is 15.1. The number of urea groups is 1. The molecule has 0 aromatic heterocycles. The minimum Gasteiger partial charge on any atom is -0.370 e. The number of amides is 4. The lowest BCUT2D eigenvalue weighted by Gasteiger charge is -2.49. The number of rotatable bonds is 5. The number of hydrogen-bond acceptors (Lipinski definition) is 11. The van der Waals surface area contributed by atoms with Crippen LogP contribution in [0.3, 0.4) is 0 Å². The number of carbonyl (C=O) groups excluding carboxylic acids is 3. The van der Waals surface area contributed by atoms with E-state index in [4.69, 9.17) is 11.5 Å². The number of benzene rings is 2. The molecule has 7 rings (SSSR count). The summed E-state index contributed by atoms with van der Waals surface area (Å²) in [7, 11) is 0. The molecule has 4 amide bonds. The topological polar surface area (TPSA) is 202 Å². The fourth-order valence-corrected chi connectivity index (χ4v) is 7.83. The monoisotopic (exact) mass is 615 g/mol.